The minimum absolute atomic E-state index is 0.0463. The van der Waals surface area contributed by atoms with Crippen LogP contribution in [0, 0.1) is 0 Å². The molecule has 0 aromatic heterocycles. The van der Waals surface area contributed by atoms with Crippen LogP contribution in [0.4, 0.5) is 0 Å². The maximum Gasteiger partial charge on any atom is 0.102 e. The predicted molar refractivity (Wildman–Crippen MR) is 35.2 cm³/mol. The molecule has 2 nitrogen and oxygen atoms in total. The van der Waals surface area contributed by atoms with Crippen molar-refractivity contribution < 1.29 is 9.84 Å². The minimum Gasteiger partial charge on any atom is -0.390 e. The summed E-state index contributed by atoms with van der Waals surface area (Å²) in [5.74, 6) is 0. The Labute approximate surface area is 55.1 Å². The van der Waals surface area contributed by atoms with Crippen LogP contribution in [-0.4, -0.2) is 23.9 Å². The number of rotatable bonds is 2. The van der Waals surface area contributed by atoms with Crippen molar-refractivity contribution in [2.24, 2.45) is 0 Å². The van der Waals surface area contributed by atoms with Gasteiger partial charge in [-0.3, -0.25) is 0 Å². The van der Waals surface area contributed by atoms with Gasteiger partial charge in [0.2, 0.25) is 0 Å². The Morgan fingerprint density at radius 1 is 1.89 bits per heavy atom. The number of ether oxygens (including phenoxy) is 1. The van der Waals surface area contributed by atoms with Crippen molar-refractivity contribution in [3.05, 3.63) is 12.2 Å². The summed E-state index contributed by atoms with van der Waals surface area (Å²) in [6, 6.07) is 0. The Bertz CT molecular complexity index is 109. The number of aliphatic hydroxyl groups excluding tert-OH is 1. The Morgan fingerprint density at radius 3 is 3.11 bits per heavy atom. The van der Waals surface area contributed by atoms with Crippen molar-refractivity contribution >= 4 is 0 Å². The van der Waals surface area contributed by atoms with E-state index in [1.165, 1.54) is 0 Å². The summed E-state index contributed by atoms with van der Waals surface area (Å²) in [6.07, 6.45) is 4.24. The molecule has 0 saturated heterocycles. The van der Waals surface area contributed by atoms with E-state index in [9.17, 15) is 5.11 Å². The zero-order valence-electron chi connectivity index (χ0n) is 5.58. The Morgan fingerprint density at radius 2 is 2.67 bits per heavy atom. The Hall–Kier alpha value is -0.340. The first-order valence-corrected chi connectivity index (χ1v) is 3.31. The van der Waals surface area contributed by atoms with Crippen molar-refractivity contribution in [3.8, 4) is 0 Å². The van der Waals surface area contributed by atoms with Gasteiger partial charge in [-0.2, -0.15) is 0 Å². The van der Waals surface area contributed by atoms with Crippen LogP contribution in [0.5, 0.6) is 0 Å². The van der Waals surface area contributed by atoms with Crippen molar-refractivity contribution in [1.82, 2.24) is 0 Å². The molecule has 2 heteroatoms. The molecule has 52 valence electrons. The third-order valence-corrected chi connectivity index (χ3v) is 1.51. The molecule has 1 aliphatic heterocycles. The number of aliphatic hydroxyl groups is 1. The molecule has 1 heterocycles. The Balaban J connectivity index is 2.33. The molecule has 0 unspecified atom stereocenters. The fraction of sp³-hybridized carbons (Fsp3) is 0.714. The maximum absolute atomic E-state index is 9.18. The average Bonchev–Trinajstić information content (AvgIpc) is 2.37. The lowest BCUT2D eigenvalue weighted by Crippen LogP contribution is -2.23. The topological polar surface area (TPSA) is 29.5 Å². The molecule has 0 aliphatic carbocycles. The van der Waals surface area contributed by atoms with E-state index < -0.39 is 0 Å². The van der Waals surface area contributed by atoms with Crippen LogP contribution < -0.4 is 0 Å². The molecule has 0 amide bonds. The summed E-state index contributed by atoms with van der Waals surface area (Å²) in [4.78, 5) is 0. The van der Waals surface area contributed by atoms with E-state index in [-0.39, 0.29) is 12.2 Å². The third kappa shape index (κ3) is 1.53. The molecule has 0 spiro atoms. The largest absolute Gasteiger partial charge is 0.390 e. The smallest absolute Gasteiger partial charge is 0.102 e. The van der Waals surface area contributed by atoms with Crippen molar-refractivity contribution in [1.29, 1.82) is 0 Å². The van der Waals surface area contributed by atoms with Gasteiger partial charge in [0.05, 0.1) is 12.7 Å². The van der Waals surface area contributed by atoms with Crippen LogP contribution in [-0.2, 0) is 4.74 Å². The van der Waals surface area contributed by atoms with E-state index in [4.69, 9.17) is 4.74 Å². The average molecular weight is 128 g/mol. The second kappa shape index (κ2) is 2.99. The van der Waals surface area contributed by atoms with Gasteiger partial charge in [-0.05, 0) is 6.42 Å². The van der Waals surface area contributed by atoms with Crippen LogP contribution in [0.1, 0.15) is 13.3 Å². The molecule has 1 aliphatic rings. The Kier molecular flexibility index (Phi) is 2.25. The zero-order valence-corrected chi connectivity index (χ0v) is 5.58. The SMILES string of the molecule is CC[C@@H](O)[C@@H]1C=CCO1. The number of hydrogen-bond acceptors (Lipinski definition) is 2. The standard InChI is InChI=1S/C7H12O2/c1-2-6(8)7-4-3-5-9-7/h3-4,6-8H,2,5H2,1H3/t6-,7+/m1/s1. The van der Waals surface area contributed by atoms with Gasteiger partial charge in [-0.1, -0.05) is 19.1 Å². The summed E-state index contributed by atoms with van der Waals surface area (Å²) < 4.78 is 5.14. The highest BCUT2D eigenvalue weighted by Crippen LogP contribution is 2.09. The first-order valence-electron chi connectivity index (χ1n) is 3.31. The molecule has 1 N–H and O–H groups in total. The fourth-order valence-corrected chi connectivity index (χ4v) is 0.884. The maximum atomic E-state index is 9.18. The molecule has 0 fully saturated rings. The molecule has 1 rings (SSSR count). The quantitative estimate of drug-likeness (QED) is 0.555. The van der Waals surface area contributed by atoms with Crippen LogP contribution in [0.15, 0.2) is 12.2 Å². The first kappa shape index (κ1) is 6.78. The lowest BCUT2D eigenvalue weighted by molar-refractivity contribution is 0.0119. The van der Waals surface area contributed by atoms with Gasteiger partial charge in [0.1, 0.15) is 6.10 Å². The lowest BCUT2D eigenvalue weighted by Gasteiger charge is -2.13. The number of hydrogen-bond donors (Lipinski definition) is 1. The molecule has 0 saturated carbocycles. The van der Waals surface area contributed by atoms with E-state index in [1.807, 2.05) is 19.1 Å². The van der Waals surface area contributed by atoms with E-state index in [0.29, 0.717) is 6.61 Å². The third-order valence-electron chi connectivity index (χ3n) is 1.51. The molecule has 0 aromatic rings. The monoisotopic (exact) mass is 128 g/mol. The van der Waals surface area contributed by atoms with Gasteiger partial charge in [0.25, 0.3) is 0 Å². The summed E-state index contributed by atoms with van der Waals surface area (Å²) >= 11 is 0. The van der Waals surface area contributed by atoms with E-state index >= 15 is 0 Å². The molecule has 0 bridgehead atoms. The van der Waals surface area contributed by atoms with Gasteiger partial charge in [0.15, 0.2) is 0 Å². The van der Waals surface area contributed by atoms with Gasteiger partial charge >= 0.3 is 0 Å². The highest BCUT2D eigenvalue weighted by atomic mass is 16.5. The highest BCUT2D eigenvalue weighted by molar-refractivity contribution is 4.98. The normalized spacial score (nSPS) is 28.9. The second-order valence-electron chi connectivity index (χ2n) is 2.20. The zero-order chi connectivity index (χ0) is 6.69. The van der Waals surface area contributed by atoms with E-state index in [2.05, 4.69) is 0 Å². The molecular formula is C7H12O2. The minimum atomic E-state index is -0.316. The second-order valence-corrected chi connectivity index (χ2v) is 2.20. The van der Waals surface area contributed by atoms with E-state index in [1.54, 1.807) is 0 Å². The van der Waals surface area contributed by atoms with Crippen molar-refractivity contribution in [3.63, 3.8) is 0 Å². The van der Waals surface area contributed by atoms with Gasteiger partial charge in [-0.15, -0.1) is 0 Å². The summed E-state index contributed by atoms with van der Waals surface area (Å²) in [5.41, 5.74) is 0. The van der Waals surface area contributed by atoms with Crippen LogP contribution >= 0.6 is 0 Å². The van der Waals surface area contributed by atoms with Gasteiger partial charge in [0, 0.05) is 0 Å². The van der Waals surface area contributed by atoms with Gasteiger partial charge < -0.3 is 9.84 Å². The summed E-state index contributed by atoms with van der Waals surface area (Å²) in [5, 5.41) is 9.18. The summed E-state index contributed by atoms with van der Waals surface area (Å²) in [7, 11) is 0. The molecule has 0 aromatic carbocycles. The lowest BCUT2D eigenvalue weighted by atomic mass is 10.1. The van der Waals surface area contributed by atoms with E-state index in [0.717, 1.165) is 6.42 Å². The molecule has 9 heavy (non-hydrogen) atoms. The highest BCUT2D eigenvalue weighted by Gasteiger charge is 2.16. The van der Waals surface area contributed by atoms with Crippen molar-refractivity contribution in [2.75, 3.05) is 6.61 Å². The molecule has 2 atom stereocenters. The first-order chi connectivity index (χ1) is 4.34. The molecule has 0 radical (unpaired) electrons. The predicted octanol–water partition coefficient (Wildman–Crippen LogP) is 0.712. The van der Waals surface area contributed by atoms with Crippen LogP contribution in [0.3, 0.4) is 0 Å². The van der Waals surface area contributed by atoms with Gasteiger partial charge in [-0.25, -0.2) is 0 Å². The van der Waals surface area contributed by atoms with Crippen molar-refractivity contribution in [2.45, 2.75) is 25.6 Å². The fourth-order valence-electron chi connectivity index (χ4n) is 0.884. The van der Waals surface area contributed by atoms with Crippen LogP contribution in [0.25, 0.3) is 0 Å². The summed E-state index contributed by atoms with van der Waals surface area (Å²) in [6.45, 7) is 2.60. The van der Waals surface area contributed by atoms with Crippen LogP contribution in [0.2, 0.25) is 0 Å². The molecular weight excluding hydrogens is 116 g/mol.